The number of sulfone groups is 1. The molecular weight excluding hydrogens is 242 g/mol. The standard InChI is InChI=1S/C11H21NO4S/c1-11(2,17(3,15)16)10(14)12-8-6-4-5-7-9(8)13/h8-9,13H,4-7H2,1-3H3,(H,12,14)/t8-,9-/m1/s1. The van der Waals surface area contributed by atoms with E-state index in [0.717, 1.165) is 19.1 Å². The highest BCUT2D eigenvalue weighted by Crippen LogP contribution is 2.21. The Kier molecular flexibility index (Phi) is 4.19. The molecule has 1 saturated carbocycles. The summed E-state index contributed by atoms with van der Waals surface area (Å²) < 4.78 is 21.5. The Morgan fingerprint density at radius 2 is 1.82 bits per heavy atom. The van der Waals surface area contributed by atoms with Crippen molar-refractivity contribution >= 4 is 15.7 Å². The predicted molar refractivity (Wildman–Crippen MR) is 65.3 cm³/mol. The largest absolute Gasteiger partial charge is 0.391 e. The molecule has 5 nitrogen and oxygen atoms in total. The number of carbonyl (C=O) groups is 1. The first-order valence-electron chi connectivity index (χ1n) is 5.85. The van der Waals surface area contributed by atoms with Gasteiger partial charge in [0.05, 0.1) is 12.1 Å². The van der Waals surface area contributed by atoms with Gasteiger partial charge in [0, 0.05) is 6.26 Å². The molecule has 100 valence electrons. The summed E-state index contributed by atoms with van der Waals surface area (Å²) in [4.78, 5) is 11.9. The molecule has 2 atom stereocenters. The fourth-order valence-electron chi connectivity index (χ4n) is 1.79. The van der Waals surface area contributed by atoms with Crippen molar-refractivity contribution in [1.82, 2.24) is 5.32 Å². The smallest absolute Gasteiger partial charge is 0.241 e. The van der Waals surface area contributed by atoms with Crippen molar-refractivity contribution < 1.29 is 18.3 Å². The number of amides is 1. The predicted octanol–water partition coefficient (Wildman–Crippen LogP) is 0.229. The van der Waals surface area contributed by atoms with Gasteiger partial charge in [0.15, 0.2) is 9.84 Å². The lowest BCUT2D eigenvalue weighted by Gasteiger charge is -2.31. The Balaban J connectivity index is 2.72. The number of rotatable bonds is 3. The minimum atomic E-state index is -3.46. The highest BCUT2D eigenvalue weighted by molar-refractivity contribution is 7.92. The van der Waals surface area contributed by atoms with E-state index < -0.39 is 26.6 Å². The number of carbonyl (C=O) groups excluding carboxylic acids is 1. The molecule has 0 saturated heterocycles. The van der Waals surface area contributed by atoms with Crippen LogP contribution in [0.5, 0.6) is 0 Å². The molecule has 0 aromatic heterocycles. The lowest BCUT2D eigenvalue weighted by atomic mass is 9.92. The van der Waals surface area contributed by atoms with Gasteiger partial charge >= 0.3 is 0 Å². The van der Waals surface area contributed by atoms with Gasteiger partial charge in [-0.25, -0.2) is 8.42 Å². The second-order valence-electron chi connectivity index (χ2n) is 5.21. The molecule has 0 aromatic rings. The van der Waals surface area contributed by atoms with Gasteiger partial charge in [-0.05, 0) is 26.7 Å². The minimum absolute atomic E-state index is 0.322. The molecule has 0 bridgehead atoms. The third-order valence-corrected chi connectivity index (χ3v) is 5.56. The summed E-state index contributed by atoms with van der Waals surface area (Å²) in [6.45, 7) is 2.76. The monoisotopic (exact) mass is 263 g/mol. The normalized spacial score (nSPS) is 26.6. The molecule has 1 amide bonds. The van der Waals surface area contributed by atoms with Gasteiger partial charge in [-0.2, -0.15) is 0 Å². The lowest BCUT2D eigenvalue weighted by Crippen LogP contribution is -2.54. The number of hydrogen-bond acceptors (Lipinski definition) is 4. The van der Waals surface area contributed by atoms with E-state index in [1.54, 1.807) is 0 Å². The zero-order valence-corrected chi connectivity index (χ0v) is 11.4. The van der Waals surface area contributed by atoms with Gasteiger partial charge in [-0.15, -0.1) is 0 Å². The molecule has 0 spiro atoms. The van der Waals surface area contributed by atoms with Crippen LogP contribution in [0.1, 0.15) is 39.5 Å². The van der Waals surface area contributed by atoms with E-state index >= 15 is 0 Å². The van der Waals surface area contributed by atoms with Crippen molar-refractivity contribution in [2.75, 3.05) is 6.26 Å². The zero-order chi connectivity index (χ0) is 13.3. The van der Waals surface area contributed by atoms with Crippen LogP contribution in [0.2, 0.25) is 0 Å². The molecule has 0 aliphatic heterocycles. The van der Waals surface area contributed by atoms with Crippen LogP contribution >= 0.6 is 0 Å². The van der Waals surface area contributed by atoms with E-state index in [-0.39, 0.29) is 6.04 Å². The van der Waals surface area contributed by atoms with E-state index in [9.17, 15) is 18.3 Å². The Bertz CT molecular complexity index is 388. The number of aliphatic hydroxyl groups is 1. The van der Waals surface area contributed by atoms with Gasteiger partial charge in [0.25, 0.3) is 0 Å². The Morgan fingerprint density at radius 3 is 2.29 bits per heavy atom. The second-order valence-corrected chi connectivity index (χ2v) is 7.78. The zero-order valence-electron chi connectivity index (χ0n) is 10.6. The number of hydrogen-bond donors (Lipinski definition) is 2. The van der Waals surface area contributed by atoms with Crippen LogP contribution in [0.4, 0.5) is 0 Å². The van der Waals surface area contributed by atoms with E-state index in [2.05, 4.69) is 5.32 Å². The van der Waals surface area contributed by atoms with Crippen LogP contribution in [0.15, 0.2) is 0 Å². The highest BCUT2D eigenvalue weighted by atomic mass is 32.2. The summed E-state index contributed by atoms with van der Waals surface area (Å²) in [6.07, 6.45) is 3.73. The summed E-state index contributed by atoms with van der Waals surface area (Å²) >= 11 is 0. The van der Waals surface area contributed by atoms with Gasteiger partial charge in [0.2, 0.25) is 5.91 Å². The first-order valence-corrected chi connectivity index (χ1v) is 7.74. The molecule has 0 heterocycles. The fourth-order valence-corrected chi connectivity index (χ4v) is 2.19. The van der Waals surface area contributed by atoms with Crippen LogP contribution < -0.4 is 5.32 Å². The topological polar surface area (TPSA) is 83.5 Å². The van der Waals surface area contributed by atoms with Crippen LogP contribution in [-0.4, -0.2) is 42.6 Å². The highest BCUT2D eigenvalue weighted by Gasteiger charge is 2.40. The van der Waals surface area contributed by atoms with Crippen LogP contribution in [-0.2, 0) is 14.6 Å². The van der Waals surface area contributed by atoms with E-state index in [0.29, 0.717) is 12.8 Å². The molecule has 0 radical (unpaired) electrons. The fraction of sp³-hybridized carbons (Fsp3) is 0.909. The Morgan fingerprint density at radius 1 is 1.29 bits per heavy atom. The number of nitrogens with one attached hydrogen (secondary N) is 1. The van der Waals surface area contributed by atoms with Crippen molar-refractivity contribution in [3.8, 4) is 0 Å². The summed E-state index contributed by atoms with van der Waals surface area (Å²) in [7, 11) is -3.46. The maximum atomic E-state index is 11.9. The van der Waals surface area contributed by atoms with Gasteiger partial charge in [0.1, 0.15) is 4.75 Å². The molecule has 1 rings (SSSR count). The summed E-state index contributed by atoms with van der Waals surface area (Å²) in [5, 5.41) is 12.4. The first-order chi connectivity index (χ1) is 7.66. The van der Waals surface area contributed by atoms with E-state index in [4.69, 9.17) is 0 Å². The van der Waals surface area contributed by atoms with Crippen molar-refractivity contribution in [2.24, 2.45) is 0 Å². The molecular formula is C11H21NO4S. The summed E-state index contributed by atoms with van der Waals surface area (Å²) in [6, 6.07) is -0.322. The molecule has 1 aliphatic carbocycles. The molecule has 2 N–H and O–H groups in total. The molecule has 1 fully saturated rings. The van der Waals surface area contributed by atoms with E-state index in [1.807, 2.05) is 0 Å². The third kappa shape index (κ3) is 3.19. The SMILES string of the molecule is CC(C)(C(=O)N[C@@H]1CCCC[C@H]1O)S(C)(=O)=O. The van der Waals surface area contributed by atoms with Crippen molar-refractivity contribution in [1.29, 1.82) is 0 Å². The van der Waals surface area contributed by atoms with Crippen molar-refractivity contribution in [2.45, 2.75) is 56.4 Å². The molecule has 17 heavy (non-hydrogen) atoms. The van der Waals surface area contributed by atoms with Crippen molar-refractivity contribution in [3.63, 3.8) is 0 Å². The van der Waals surface area contributed by atoms with Crippen LogP contribution in [0, 0.1) is 0 Å². The van der Waals surface area contributed by atoms with Crippen molar-refractivity contribution in [3.05, 3.63) is 0 Å². The van der Waals surface area contributed by atoms with Gasteiger partial charge in [-0.1, -0.05) is 12.8 Å². The second kappa shape index (κ2) is 4.94. The Hall–Kier alpha value is -0.620. The van der Waals surface area contributed by atoms with Crippen LogP contribution in [0.3, 0.4) is 0 Å². The van der Waals surface area contributed by atoms with Crippen LogP contribution in [0.25, 0.3) is 0 Å². The molecule has 1 aliphatic rings. The van der Waals surface area contributed by atoms with E-state index in [1.165, 1.54) is 13.8 Å². The first kappa shape index (κ1) is 14.4. The lowest BCUT2D eigenvalue weighted by molar-refractivity contribution is -0.124. The molecule has 0 aromatic carbocycles. The maximum Gasteiger partial charge on any atom is 0.241 e. The van der Waals surface area contributed by atoms with Gasteiger partial charge < -0.3 is 10.4 Å². The maximum absolute atomic E-state index is 11.9. The molecule has 6 heteroatoms. The minimum Gasteiger partial charge on any atom is -0.391 e. The average Bonchev–Trinajstić information content (AvgIpc) is 2.19. The Labute approximate surface area is 103 Å². The average molecular weight is 263 g/mol. The molecule has 0 unspecified atom stereocenters. The summed E-state index contributed by atoms with van der Waals surface area (Å²) in [5.41, 5.74) is 0. The third-order valence-electron chi connectivity index (χ3n) is 3.52. The summed E-state index contributed by atoms with van der Waals surface area (Å²) in [5.74, 6) is -0.536. The van der Waals surface area contributed by atoms with Gasteiger partial charge in [-0.3, -0.25) is 4.79 Å². The number of aliphatic hydroxyl groups excluding tert-OH is 1. The quantitative estimate of drug-likeness (QED) is 0.763.